The summed E-state index contributed by atoms with van der Waals surface area (Å²) in [6.45, 7) is 0. The van der Waals surface area contributed by atoms with Crippen LogP contribution in [0.2, 0.25) is 0 Å². The molecule has 22 heavy (non-hydrogen) atoms. The first-order valence-electron chi connectivity index (χ1n) is 7.49. The Hall–Kier alpha value is -1.48. The quantitative estimate of drug-likeness (QED) is 0.535. The van der Waals surface area contributed by atoms with Crippen molar-refractivity contribution in [3.63, 3.8) is 0 Å². The van der Waals surface area contributed by atoms with E-state index in [1.807, 2.05) is 0 Å². The van der Waals surface area contributed by atoms with Crippen molar-refractivity contribution in [2.24, 2.45) is 0 Å². The summed E-state index contributed by atoms with van der Waals surface area (Å²) in [5.41, 5.74) is 7.76. The second-order valence-corrected chi connectivity index (χ2v) is 6.20. The minimum atomic E-state index is 1.01. The lowest BCUT2D eigenvalue weighted by atomic mass is 9.99. The average molecular weight is 322 g/mol. The van der Waals surface area contributed by atoms with Crippen molar-refractivity contribution in [2.45, 2.75) is 12.3 Å². The molecule has 110 valence electrons. The summed E-state index contributed by atoms with van der Waals surface area (Å²) in [7, 11) is 5.53. The monoisotopic (exact) mass is 322 g/mol. The van der Waals surface area contributed by atoms with E-state index in [2.05, 4.69) is 91.3 Å². The molecule has 3 aromatic rings. The normalized spacial score (nSPS) is 10.6. The molecule has 3 rings (SSSR count). The third-order valence-corrected chi connectivity index (χ3v) is 4.87. The lowest BCUT2D eigenvalue weighted by Gasteiger charge is -2.06. The number of rotatable bonds is 4. The first-order valence-corrected chi connectivity index (χ1v) is 9.12. The zero-order valence-corrected chi connectivity index (χ0v) is 14.8. The van der Waals surface area contributed by atoms with E-state index in [0.717, 1.165) is 12.3 Å². The van der Waals surface area contributed by atoms with Gasteiger partial charge < -0.3 is 0 Å². The Kier molecular flexibility index (Phi) is 5.04. The van der Waals surface area contributed by atoms with E-state index >= 15 is 0 Å². The molecular formula is C20H20P2. The highest BCUT2D eigenvalue weighted by Crippen LogP contribution is 2.26. The van der Waals surface area contributed by atoms with Gasteiger partial charge in [-0.3, -0.25) is 0 Å². The summed E-state index contributed by atoms with van der Waals surface area (Å²) >= 11 is 0. The Morgan fingerprint density at radius 3 is 0.864 bits per heavy atom. The summed E-state index contributed by atoms with van der Waals surface area (Å²) in [5.74, 6) is 0. The molecule has 0 bridgehead atoms. The Morgan fingerprint density at radius 2 is 0.636 bits per heavy atom. The van der Waals surface area contributed by atoms with Gasteiger partial charge in [-0.25, -0.2) is 0 Å². The molecule has 0 heterocycles. The summed E-state index contributed by atoms with van der Waals surface area (Å²) in [4.78, 5) is 0. The predicted molar refractivity (Wildman–Crippen MR) is 104 cm³/mol. The second-order valence-electron chi connectivity index (χ2n) is 5.38. The third-order valence-electron chi connectivity index (χ3n) is 3.93. The Balaban J connectivity index is 1.84. The molecule has 0 aliphatic heterocycles. The minimum Gasteiger partial charge on any atom is -0.133 e. The summed E-state index contributed by atoms with van der Waals surface area (Å²) < 4.78 is 0. The maximum absolute atomic E-state index is 2.76. The molecule has 0 saturated carbocycles. The van der Waals surface area contributed by atoms with E-state index in [4.69, 9.17) is 0 Å². The van der Waals surface area contributed by atoms with Crippen molar-refractivity contribution < 1.29 is 0 Å². The van der Waals surface area contributed by atoms with Crippen LogP contribution in [0.4, 0.5) is 0 Å². The standard InChI is InChI=1S/C20H20P2/c21-13-15-1-5-17(6-2-15)19-9-11-20(12-10-19)18-7-3-16(14-22)4-8-18/h1-12H,13-14,21-22H2. The Morgan fingerprint density at radius 1 is 0.409 bits per heavy atom. The first kappa shape index (κ1) is 15.4. The largest absolute Gasteiger partial charge is 0.133 e. The van der Waals surface area contributed by atoms with E-state index in [-0.39, 0.29) is 0 Å². The van der Waals surface area contributed by atoms with Gasteiger partial charge in [0.25, 0.3) is 0 Å². The van der Waals surface area contributed by atoms with E-state index in [9.17, 15) is 0 Å². The van der Waals surface area contributed by atoms with Gasteiger partial charge in [0, 0.05) is 0 Å². The molecule has 2 atom stereocenters. The van der Waals surface area contributed by atoms with Crippen LogP contribution in [0.25, 0.3) is 22.3 Å². The van der Waals surface area contributed by atoms with Crippen LogP contribution in [0.3, 0.4) is 0 Å². The van der Waals surface area contributed by atoms with Gasteiger partial charge in [-0.1, -0.05) is 72.8 Å². The molecule has 3 aromatic carbocycles. The Bertz CT molecular complexity index is 660. The molecule has 0 N–H and O–H groups in total. The summed E-state index contributed by atoms with van der Waals surface area (Å²) in [6.07, 6.45) is 2.01. The van der Waals surface area contributed by atoms with E-state index < -0.39 is 0 Å². The van der Waals surface area contributed by atoms with Crippen LogP contribution in [0.5, 0.6) is 0 Å². The van der Waals surface area contributed by atoms with Crippen molar-refractivity contribution in [1.29, 1.82) is 0 Å². The number of hydrogen-bond donors (Lipinski definition) is 0. The molecule has 0 nitrogen and oxygen atoms in total. The van der Waals surface area contributed by atoms with Gasteiger partial charge in [0.05, 0.1) is 0 Å². The Labute approximate surface area is 137 Å². The maximum atomic E-state index is 2.76. The van der Waals surface area contributed by atoms with E-state index in [1.165, 1.54) is 33.4 Å². The molecule has 0 fully saturated rings. The smallest absolute Gasteiger partial charge is 0.0128 e. The maximum Gasteiger partial charge on any atom is -0.0128 e. The average Bonchev–Trinajstić information content (AvgIpc) is 2.62. The van der Waals surface area contributed by atoms with Gasteiger partial charge >= 0.3 is 0 Å². The van der Waals surface area contributed by atoms with Crippen molar-refractivity contribution in [2.75, 3.05) is 0 Å². The van der Waals surface area contributed by atoms with Crippen LogP contribution in [-0.4, -0.2) is 0 Å². The van der Waals surface area contributed by atoms with Gasteiger partial charge in [-0.2, -0.15) is 0 Å². The van der Waals surface area contributed by atoms with Gasteiger partial charge in [0.2, 0.25) is 0 Å². The van der Waals surface area contributed by atoms with Crippen LogP contribution in [0.1, 0.15) is 11.1 Å². The highest BCUT2D eigenvalue weighted by atomic mass is 31.0. The molecule has 2 heteroatoms. The number of hydrogen-bond acceptors (Lipinski definition) is 0. The minimum absolute atomic E-state index is 1.01. The zero-order chi connectivity index (χ0) is 15.4. The van der Waals surface area contributed by atoms with Crippen molar-refractivity contribution in [3.8, 4) is 22.3 Å². The predicted octanol–water partition coefficient (Wildman–Crippen LogP) is 5.77. The van der Waals surface area contributed by atoms with Crippen LogP contribution in [0, 0.1) is 0 Å². The van der Waals surface area contributed by atoms with Crippen LogP contribution in [-0.2, 0) is 12.3 Å². The van der Waals surface area contributed by atoms with E-state index in [0.29, 0.717) is 0 Å². The van der Waals surface area contributed by atoms with Gasteiger partial charge in [-0.05, 0) is 45.7 Å². The van der Waals surface area contributed by atoms with Crippen molar-refractivity contribution in [3.05, 3.63) is 83.9 Å². The van der Waals surface area contributed by atoms with E-state index in [1.54, 1.807) is 0 Å². The van der Waals surface area contributed by atoms with Crippen LogP contribution < -0.4 is 0 Å². The SMILES string of the molecule is PCc1ccc(-c2ccc(-c3ccc(CP)cc3)cc2)cc1. The van der Waals surface area contributed by atoms with Gasteiger partial charge in [-0.15, -0.1) is 18.5 Å². The van der Waals surface area contributed by atoms with Gasteiger partial charge in [0.1, 0.15) is 0 Å². The van der Waals surface area contributed by atoms with Crippen LogP contribution >= 0.6 is 18.5 Å². The molecule has 0 radical (unpaired) electrons. The fraction of sp³-hybridized carbons (Fsp3) is 0.100. The molecule has 0 aliphatic rings. The lowest BCUT2D eigenvalue weighted by Crippen LogP contribution is -1.83. The number of benzene rings is 3. The molecule has 0 aliphatic carbocycles. The molecule has 0 saturated heterocycles. The fourth-order valence-electron chi connectivity index (χ4n) is 2.52. The summed E-state index contributed by atoms with van der Waals surface area (Å²) in [5, 5.41) is 0. The third kappa shape index (κ3) is 3.46. The summed E-state index contributed by atoms with van der Waals surface area (Å²) in [6, 6.07) is 26.4. The van der Waals surface area contributed by atoms with Crippen LogP contribution in [0.15, 0.2) is 72.8 Å². The van der Waals surface area contributed by atoms with Gasteiger partial charge in [0.15, 0.2) is 0 Å². The highest BCUT2D eigenvalue weighted by molar-refractivity contribution is 7.15. The molecular weight excluding hydrogens is 302 g/mol. The lowest BCUT2D eigenvalue weighted by molar-refractivity contribution is 1.41. The van der Waals surface area contributed by atoms with Crippen molar-refractivity contribution >= 4 is 18.5 Å². The molecule has 0 aromatic heterocycles. The fourth-order valence-corrected chi connectivity index (χ4v) is 3.07. The first-order chi connectivity index (χ1) is 10.8. The molecule has 0 spiro atoms. The second kappa shape index (κ2) is 7.19. The van der Waals surface area contributed by atoms with Crippen molar-refractivity contribution in [1.82, 2.24) is 0 Å². The zero-order valence-electron chi connectivity index (χ0n) is 12.5. The molecule has 2 unspecified atom stereocenters. The molecule has 0 amide bonds. The highest BCUT2D eigenvalue weighted by Gasteiger charge is 2.01. The topological polar surface area (TPSA) is 0 Å².